The fraction of sp³-hybridized carbons (Fsp3) is 0.385. The molecular weight excluding hydrogens is 269 g/mol. The van der Waals surface area contributed by atoms with Crippen LogP contribution in [0.4, 0.5) is 4.39 Å². The van der Waals surface area contributed by atoms with E-state index in [4.69, 9.17) is 9.84 Å². The maximum atomic E-state index is 13.1. The zero-order valence-corrected chi connectivity index (χ0v) is 10.8. The van der Waals surface area contributed by atoms with E-state index < -0.39 is 29.9 Å². The first-order valence-electron chi connectivity index (χ1n) is 5.94. The van der Waals surface area contributed by atoms with Gasteiger partial charge in [0.25, 0.3) is 5.91 Å². The van der Waals surface area contributed by atoms with Gasteiger partial charge in [0, 0.05) is 0 Å². The first kappa shape index (κ1) is 14.3. The molecule has 0 spiro atoms. The summed E-state index contributed by atoms with van der Waals surface area (Å²) in [7, 11) is 0. The Kier molecular flexibility index (Phi) is 3.63. The van der Waals surface area contributed by atoms with Crippen LogP contribution in [0.25, 0.3) is 0 Å². The number of benzene rings is 1. The van der Waals surface area contributed by atoms with Gasteiger partial charge in [0.05, 0.1) is 18.7 Å². The quantitative estimate of drug-likeness (QED) is 0.855. The van der Waals surface area contributed by atoms with Crippen molar-refractivity contribution in [3.05, 3.63) is 29.6 Å². The van der Waals surface area contributed by atoms with Gasteiger partial charge in [-0.3, -0.25) is 4.79 Å². The van der Waals surface area contributed by atoms with E-state index in [2.05, 4.69) is 0 Å². The van der Waals surface area contributed by atoms with Gasteiger partial charge in [0.1, 0.15) is 23.8 Å². The summed E-state index contributed by atoms with van der Waals surface area (Å²) in [6, 6.07) is 3.14. The number of nitrogens with zero attached hydrogens (tertiary/aromatic N) is 1. The van der Waals surface area contributed by atoms with Gasteiger partial charge in [0.15, 0.2) is 0 Å². The van der Waals surface area contributed by atoms with Crippen molar-refractivity contribution >= 4 is 11.9 Å². The number of carboxylic acids is 1. The van der Waals surface area contributed by atoms with Crippen molar-refractivity contribution in [2.75, 3.05) is 19.7 Å². The Bertz CT molecular complexity index is 554. The van der Waals surface area contributed by atoms with E-state index in [1.807, 2.05) is 0 Å². The van der Waals surface area contributed by atoms with Crippen LogP contribution in [-0.2, 0) is 9.53 Å². The van der Waals surface area contributed by atoms with Crippen LogP contribution in [0.2, 0.25) is 0 Å². The van der Waals surface area contributed by atoms with Crippen LogP contribution in [0.5, 0.6) is 5.75 Å². The number of hydrogen-bond donors (Lipinski definition) is 2. The Morgan fingerprint density at radius 3 is 2.70 bits per heavy atom. The Labute approximate surface area is 114 Å². The van der Waals surface area contributed by atoms with Crippen molar-refractivity contribution in [1.82, 2.24) is 4.90 Å². The van der Waals surface area contributed by atoms with Crippen LogP contribution < -0.4 is 0 Å². The molecule has 0 aliphatic carbocycles. The number of carboxylic acid groups (broad SMARTS) is 1. The highest BCUT2D eigenvalue weighted by atomic mass is 19.1. The number of amides is 1. The van der Waals surface area contributed by atoms with Crippen molar-refractivity contribution in [3.63, 3.8) is 0 Å². The zero-order valence-electron chi connectivity index (χ0n) is 10.8. The number of aliphatic carboxylic acids is 1. The third-order valence-electron chi connectivity index (χ3n) is 3.07. The molecule has 0 unspecified atom stereocenters. The molecule has 1 aromatic carbocycles. The molecule has 1 saturated heterocycles. The van der Waals surface area contributed by atoms with Gasteiger partial charge in [-0.1, -0.05) is 0 Å². The number of rotatable bonds is 4. The summed E-state index contributed by atoms with van der Waals surface area (Å²) in [5.74, 6) is -2.51. The predicted molar refractivity (Wildman–Crippen MR) is 66.0 cm³/mol. The fourth-order valence-electron chi connectivity index (χ4n) is 2.08. The number of likely N-dealkylation sites (tertiary alicyclic amines) is 1. The van der Waals surface area contributed by atoms with E-state index in [0.717, 1.165) is 18.2 Å². The number of carbonyl (C=O) groups excluding carboxylic acids is 1. The second kappa shape index (κ2) is 5.09. The van der Waals surface area contributed by atoms with Gasteiger partial charge < -0.3 is 19.8 Å². The molecule has 0 radical (unpaired) electrons. The molecule has 1 amide bonds. The lowest BCUT2D eigenvalue weighted by molar-refractivity contribution is -0.159. The van der Waals surface area contributed by atoms with Gasteiger partial charge in [-0.2, -0.15) is 0 Å². The first-order chi connectivity index (χ1) is 9.31. The highest BCUT2D eigenvalue weighted by molar-refractivity contribution is 5.97. The van der Waals surface area contributed by atoms with E-state index in [1.165, 1.54) is 4.90 Å². The SMILES string of the molecule is CC1(OCC(=O)O)CN(C(=O)c2cc(F)ccc2O)C1. The zero-order chi connectivity index (χ0) is 14.9. The molecule has 0 atom stereocenters. The maximum Gasteiger partial charge on any atom is 0.329 e. The van der Waals surface area contributed by atoms with E-state index in [-0.39, 0.29) is 24.4 Å². The highest BCUT2D eigenvalue weighted by Gasteiger charge is 2.43. The van der Waals surface area contributed by atoms with Gasteiger partial charge in [-0.15, -0.1) is 0 Å². The molecule has 0 bridgehead atoms. The van der Waals surface area contributed by atoms with E-state index in [9.17, 15) is 19.1 Å². The smallest absolute Gasteiger partial charge is 0.329 e. The summed E-state index contributed by atoms with van der Waals surface area (Å²) < 4.78 is 18.2. The van der Waals surface area contributed by atoms with Crippen LogP contribution in [0.1, 0.15) is 17.3 Å². The molecule has 2 N–H and O–H groups in total. The molecule has 6 nitrogen and oxygen atoms in total. The van der Waals surface area contributed by atoms with E-state index >= 15 is 0 Å². The molecule has 1 aliphatic heterocycles. The second-order valence-electron chi connectivity index (χ2n) is 4.96. The average molecular weight is 283 g/mol. The standard InChI is InChI=1S/C13H14FNO5/c1-13(20-5-11(17)18)6-15(7-13)12(19)9-4-8(14)2-3-10(9)16/h2-4,16H,5-7H2,1H3,(H,17,18). The molecule has 1 heterocycles. The van der Waals surface area contributed by atoms with Crippen molar-refractivity contribution in [3.8, 4) is 5.75 Å². The minimum Gasteiger partial charge on any atom is -0.507 e. The molecule has 7 heteroatoms. The van der Waals surface area contributed by atoms with Gasteiger partial charge in [0.2, 0.25) is 0 Å². The number of ether oxygens (including phenoxy) is 1. The number of halogens is 1. The third-order valence-corrected chi connectivity index (χ3v) is 3.07. The predicted octanol–water partition coefficient (Wildman–Crippen LogP) is 0.847. The monoisotopic (exact) mass is 283 g/mol. The van der Waals surface area contributed by atoms with Crippen LogP contribution in [0, 0.1) is 5.82 Å². The van der Waals surface area contributed by atoms with Crippen LogP contribution in [0.3, 0.4) is 0 Å². The van der Waals surface area contributed by atoms with Crippen LogP contribution in [0.15, 0.2) is 18.2 Å². The summed E-state index contributed by atoms with van der Waals surface area (Å²) >= 11 is 0. The summed E-state index contributed by atoms with van der Waals surface area (Å²) in [6.45, 7) is 1.62. The Hall–Kier alpha value is -2.15. The van der Waals surface area contributed by atoms with Gasteiger partial charge in [-0.05, 0) is 25.1 Å². The summed E-state index contributed by atoms with van der Waals surface area (Å²) in [5, 5.41) is 18.1. The number of hydrogen-bond acceptors (Lipinski definition) is 4. The lowest BCUT2D eigenvalue weighted by Crippen LogP contribution is -2.63. The van der Waals surface area contributed by atoms with E-state index in [1.54, 1.807) is 6.92 Å². The minimum absolute atomic E-state index is 0.120. The molecule has 1 aromatic rings. The lowest BCUT2D eigenvalue weighted by Gasteiger charge is -2.47. The molecule has 0 aromatic heterocycles. The molecule has 1 aliphatic rings. The van der Waals surface area contributed by atoms with Crippen molar-refractivity contribution in [2.24, 2.45) is 0 Å². The van der Waals surface area contributed by atoms with Crippen molar-refractivity contribution < 1.29 is 28.9 Å². The molecule has 2 rings (SSSR count). The molecule has 1 fully saturated rings. The molecule has 108 valence electrons. The Morgan fingerprint density at radius 1 is 1.45 bits per heavy atom. The number of carbonyl (C=O) groups is 2. The summed E-state index contributed by atoms with van der Waals surface area (Å²) in [6.07, 6.45) is 0. The van der Waals surface area contributed by atoms with Crippen LogP contribution in [-0.4, -0.2) is 52.3 Å². The number of aromatic hydroxyl groups is 1. The first-order valence-corrected chi connectivity index (χ1v) is 5.94. The lowest BCUT2D eigenvalue weighted by atomic mass is 9.95. The second-order valence-corrected chi connectivity index (χ2v) is 4.96. The van der Waals surface area contributed by atoms with Crippen LogP contribution >= 0.6 is 0 Å². The van der Waals surface area contributed by atoms with Crippen molar-refractivity contribution in [2.45, 2.75) is 12.5 Å². The molecular formula is C13H14FNO5. The van der Waals surface area contributed by atoms with E-state index in [0.29, 0.717) is 0 Å². The number of phenols is 1. The minimum atomic E-state index is -1.08. The fourth-order valence-corrected chi connectivity index (χ4v) is 2.08. The summed E-state index contributed by atoms with van der Waals surface area (Å²) in [5.41, 5.74) is -0.845. The van der Waals surface area contributed by atoms with Gasteiger partial charge >= 0.3 is 5.97 Å². The highest BCUT2D eigenvalue weighted by Crippen LogP contribution is 2.28. The topological polar surface area (TPSA) is 87.1 Å². The van der Waals surface area contributed by atoms with Crippen molar-refractivity contribution in [1.29, 1.82) is 0 Å². The third kappa shape index (κ3) is 2.88. The Morgan fingerprint density at radius 2 is 2.10 bits per heavy atom. The molecule has 20 heavy (non-hydrogen) atoms. The maximum absolute atomic E-state index is 13.1. The summed E-state index contributed by atoms with van der Waals surface area (Å²) in [4.78, 5) is 23.8. The average Bonchev–Trinajstić information content (AvgIpc) is 2.35. The largest absolute Gasteiger partial charge is 0.507 e. The number of phenolic OH excluding ortho intramolecular Hbond substituents is 1. The Balaban J connectivity index is 2.00. The molecule has 0 saturated carbocycles. The normalized spacial score (nSPS) is 16.6. The van der Waals surface area contributed by atoms with Gasteiger partial charge in [-0.25, -0.2) is 9.18 Å².